The zero-order valence-corrected chi connectivity index (χ0v) is 20.1. The van der Waals surface area contributed by atoms with Gasteiger partial charge in [0, 0.05) is 18.9 Å². The number of amides is 1. The average Bonchev–Trinajstić information content (AvgIpc) is 2.75. The van der Waals surface area contributed by atoms with Gasteiger partial charge in [0.05, 0.1) is 12.4 Å². The van der Waals surface area contributed by atoms with Crippen molar-refractivity contribution in [1.29, 1.82) is 0 Å². The number of hydroxylamine groups is 2. The Balaban J connectivity index is 1.21. The molecule has 1 amide bonds. The molecule has 0 saturated heterocycles. The summed E-state index contributed by atoms with van der Waals surface area (Å²) in [4.78, 5) is 23.1. The summed E-state index contributed by atoms with van der Waals surface area (Å²) in [7, 11) is 0. The fourth-order valence-electron chi connectivity index (χ4n) is 6.71. The Morgan fingerprint density at radius 1 is 1.13 bits per heavy atom. The minimum atomic E-state index is 0.140. The number of carbonyl (C=O) groups is 1. The molecule has 1 aromatic heterocycles. The summed E-state index contributed by atoms with van der Waals surface area (Å²) in [5, 5.41) is 1.70. The van der Waals surface area contributed by atoms with Crippen molar-refractivity contribution >= 4 is 17.7 Å². The van der Waals surface area contributed by atoms with E-state index >= 15 is 0 Å². The summed E-state index contributed by atoms with van der Waals surface area (Å²) in [6.07, 6.45) is 17.8. The number of thioether (sulfide) groups is 1. The first-order chi connectivity index (χ1) is 15.2. The van der Waals surface area contributed by atoms with Crippen LogP contribution in [-0.2, 0) is 16.1 Å². The molecule has 0 atom stereocenters. The van der Waals surface area contributed by atoms with E-state index in [-0.39, 0.29) is 5.91 Å². The van der Waals surface area contributed by atoms with Gasteiger partial charge in [0.2, 0.25) is 0 Å². The molecule has 0 aromatic carbocycles. The van der Waals surface area contributed by atoms with Crippen LogP contribution in [0, 0.1) is 23.2 Å². The number of carbonyl (C=O) groups excluding carboxylic acids is 1. The van der Waals surface area contributed by atoms with Crippen molar-refractivity contribution in [2.75, 3.05) is 24.7 Å². The van der Waals surface area contributed by atoms with Gasteiger partial charge in [0.1, 0.15) is 0 Å². The quantitative estimate of drug-likeness (QED) is 0.280. The van der Waals surface area contributed by atoms with Gasteiger partial charge < -0.3 is 0 Å². The van der Waals surface area contributed by atoms with Crippen molar-refractivity contribution in [3.05, 3.63) is 30.1 Å². The summed E-state index contributed by atoms with van der Waals surface area (Å²) in [5.74, 6) is 4.53. The van der Waals surface area contributed by atoms with Crippen LogP contribution >= 0.6 is 11.8 Å². The minimum Gasteiger partial charge on any atom is -0.272 e. The molecule has 1 aromatic rings. The lowest BCUT2D eigenvalue weighted by molar-refractivity contribution is -0.190. The first kappa shape index (κ1) is 23.1. The van der Waals surface area contributed by atoms with Crippen molar-refractivity contribution in [2.45, 2.75) is 77.6 Å². The Bertz CT molecular complexity index is 661. The number of aromatic nitrogens is 1. The second kappa shape index (κ2) is 11.2. The molecule has 0 spiro atoms. The summed E-state index contributed by atoms with van der Waals surface area (Å²) in [6.45, 7) is 3.65. The molecule has 0 aliphatic heterocycles. The Labute approximate surface area is 192 Å². The van der Waals surface area contributed by atoms with Crippen LogP contribution in [0.25, 0.3) is 0 Å². The lowest BCUT2D eigenvalue weighted by Gasteiger charge is -2.57. The number of rotatable bonds is 13. The van der Waals surface area contributed by atoms with Crippen molar-refractivity contribution in [2.24, 2.45) is 23.2 Å². The van der Waals surface area contributed by atoms with Crippen molar-refractivity contribution in [1.82, 2.24) is 10.0 Å². The average molecular weight is 445 g/mol. The molecule has 5 heteroatoms. The highest BCUT2D eigenvalue weighted by Crippen LogP contribution is 2.61. The molecule has 0 unspecified atom stereocenters. The minimum absolute atomic E-state index is 0.140. The number of nitrogens with zero attached hydrogens (tertiary/aromatic N) is 2. The smallest absolute Gasteiger partial charge is 0.256 e. The SMILES string of the molecule is CCCCCN(OCCC12CC3CC(CC(C3)C1)C2)C(=O)CSCCc1ccncc1. The van der Waals surface area contributed by atoms with E-state index in [0.717, 1.165) is 62.2 Å². The van der Waals surface area contributed by atoms with Crippen LogP contribution in [0.15, 0.2) is 24.5 Å². The summed E-state index contributed by atoms with van der Waals surface area (Å²) >= 11 is 1.71. The number of hydrogen-bond acceptors (Lipinski definition) is 4. The van der Waals surface area contributed by atoms with Crippen LogP contribution < -0.4 is 0 Å². The Kier molecular flexibility index (Phi) is 8.33. The molecular formula is C26H40N2O2S. The third kappa shape index (κ3) is 6.47. The number of unbranched alkanes of at least 4 members (excludes halogenated alkanes) is 2. The van der Waals surface area contributed by atoms with E-state index in [1.165, 1.54) is 44.1 Å². The molecule has 4 bridgehead atoms. The molecule has 31 heavy (non-hydrogen) atoms. The largest absolute Gasteiger partial charge is 0.272 e. The van der Waals surface area contributed by atoms with E-state index < -0.39 is 0 Å². The Morgan fingerprint density at radius 3 is 2.45 bits per heavy atom. The summed E-state index contributed by atoms with van der Waals surface area (Å²) in [6, 6.07) is 4.10. The van der Waals surface area contributed by atoms with E-state index in [9.17, 15) is 4.79 Å². The van der Waals surface area contributed by atoms with Gasteiger partial charge >= 0.3 is 0 Å². The van der Waals surface area contributed by atoms with Gasteiger partial charge in [-0.15, -0.1) is 0 Å². The van der Waals surface area contributed by atoms with E-state index in [1.807, 2.05) is 24.5 Å². The second-order valence-electron chi connectivity index (χ2n) is 10.4. The molecule has 4 saturated carbocycles. The molecule has 5 rings (SSSR count). The Morgan fingerprint density at radius 2 is 1.81 bits per heavy atom. The zero-order chi connectivity index (χ0) is 21.5. The molecule has 0 N–H and O–H groups in total. The third-order valence-electron chi connectivity index (χ3n) is 7.80. The molecule has 4 nitrogen and oxygen atoms in total. The van der Waals surface area contributed by atoms with E-state index in [4.69, 9.17) is 4.84 Å². The highest BCUT2D eigenvalue weighted by atomic mass is 32.2. The van der Waals surface area contributed by atoms with Crippen LogP contribution in [0.4, 0.5) is 0 Å². The molecule has 172 valence electrons. The van der Waals surface area contributed by atoms with Crippen LogP contribution in [0.3, 0.4) is 0 Å². The highest BCUT2D eigenvalue weighted by Gasteiger charge is 2.50. The Hall–Kier alpha value is -1.07. The van der Waals surface area contributed by atoms with Crippen molar-refractivity contribution in [3.63, 3.8) is 0 Å². The van der Waals surface area contributed by atoms with E-state index in [1.54, 1.807) is 16.8 Å². The van der Waals surface area contributed by atoms with Crippen LogP contribution in [-0.4, -0.2) is 40.6 Å². The zero-order valence-electron chi connectivity index (χ0n) is 19.3. The lowest BCUT2D eigenvalue weighted by atomic mass is 9.49. The van der Waals surface area contributed by atoms with E-state index in [2.05, 4.69) is 11.9 Å². The molecule has 4 fully saturated rings. The molecular weight excluding hydrogens is 404 g/mol. The van der Waals surface area contributed by atoms with Gasteiger partial charge in [-0.3, -0.25) is 14.6 Å². The van der Waals surface area contributed by atoms with Crippen LogP contribution in [0.1, 0.15) is 76.7 Å². The molecule has 1 heterocycles. The molecule has 4 aliphatic rings. The first-order valence-corrected chi connectivity index (χ1v) is 13.7. The number of hydrogen-bond donors (Lipinski definition) is 0. The van der Waals surface area contributed by atoms with Crippen LogP contribution in [0.2, 0.25) is 0 Å². The van der Waals surface area contributed by atoms with Crippen molar-refractivity contribution < 1.29 is 9.63 Å². The predicted octanol–water partition coefficient (Wildman–Crippen LogP) is 5.91. The van der Waals surface area contributed by atoms with E-state index in [0.29, 0.717) is 17.8 Å². The first-order valence-electron chi connectivity index (χ1n) is 12.6. The second-order valence-corrected chi connectivity index (χ2v) is 11.5. The summed E-state index contributed by atoms with van der Waals surface area (Å²) < 4.78 is 0. The van der Waals surface area contributed by atoms with Gasteiger partial charge in [-0.2, -0.15) is 11.8 Å². The third-order valence-corrected chi connectivity index (χ3v) is 8.74. The maximum Gasteiger partial charge on any atom is 0.256 e. The van der Waals surface area contributed by atoms with Gasteiger partial charge in [0.25, 0.3) is 5.91 Å². The molecule has 4 aliphatic carbocycles. The molecule has 0 radical (unpaired) electrons. The fourth-order valence-corrected chi connectivity index (χ4v) is 7.55. The van der Waals surface area contributed by atoms with Crippen molar-refractivity contribution in [3.8, 4) is 0 Å². The number of pyridine rings is 1. The normalized spacial score (nSPS) is 28.7. The fraction of sp³-hybridized carbons (Fsp3) is 0.769. The number of aryl methyl sites for hydroxylation is 1. The van der Waals surface area contributed by atoms with Gasteiger partial charge in [-0.1, -0.05) is 19.8 Å². The highest BCUT2D eigenvalue weighted by molar-refractivity contribution is 7.99. The van der Waals surface area contributed by atoms with Gasteiger partial charge in [0.15, 0.2) is 0 Å². The maximum absolute atomic E-state index is 12.9. The predicted molar refractivity (Wildman–Crippen MR) is 128 cm³/mol. The van der Waals surface area contributed by atoms with Gasteiger partial charge in [-0.05, 0) is 104 Å². The maximum atomic E-state index is 12.9. The summed E-state index contributed by atoms with van der Waals surface area (Å²) in [5.41, 5.74) is 1.80. The topological polar surface area (TPSA) is 42.4 Å². The van der Waals surface area contributed by atoms with Gasteiger partial charge in [-0.25, -0.2) is 5.06 Å². The van der Waals surface area contributed by atoms with Crippen LogP contribution in [0.5, 0.6) is 0 Å². The monoisotopic (exact) mass is 444 g/mol. The standard InChI is InChI=1S/C26H40N2O2S/c1-2-3-4-11-28(25(29)20-31-13-7-21-5-9-27-10-6-21)30-12-8-26-17-22-14-23(18-26)16-24(15-22)19-26/h5-6,9-10,22-24H,2-4,7-8,11-20H2,1H3. The lowest BCUT2D eigenvalue weighted by Crippen LogP contribution is -2.46.